The maximum Gasteiger partial charge on any atom is 0.251 e. The lowest BCUT2D eigenvalue weighted by atomic mass is 10.1. The van der Waals surface area contributed by atoms with Gasteiger partial charge in [0.1, 0.15) is 0 Å². The molecule has 0 aliphatic carbocycles. The molecule has 0 aliphatic rings. The summed E-state index contributed by atoms with van der Waals surface area (Å²) in [6.45, 7) is 4.97. The number of carbonyl (C=O) groups excluding carboxylic acids is 2. The van der Waals surface area contributed by atoms with Crippen LogP contribution in [0.1, 0.15) is 29.3 Å². The highest BCUT2D eigenvalue weighted by molar-refractivity contribution is 5.97. The van der Waals surface area contributed by atoms with Gasteiger partial charge in [-0.1, -0.05) is 6.07 Å². The highest BCUT2D eigenvalue weighted by Gasteiger charge is 2.09. The molecule has 0 radical (unpaired) electrons. The first-order valence-corrected chi connectivity index (χ1v) is 6.41. The number of halogens is 1. The van der Waals surface area contributed by atoms with Gasteiger partial charge in [0, 0.05) is 30.8 Å². The van der Waals surface area contributed by atoms with Crippen LogP contribution in [0, 0.1) is 6.92 Å². The van der Waals surface area contributed by atoms with Gasteiger partial charge in [-0.05, 0) is 38.6 Å². The second-order valence-corrected chi connectivity index (χ2v) is 4.29. The molecule has 0 bridgehead atoms. The molecule has 1 aromatic carbocycles. The van der Waals surface area contributed by atoms with Gasteiger partial charge in [0.2, 0.25) is 5.91 Å². The van der Waals surface area contributed by atoms with Crippen molar-refractivity contribution in [3.05, 3.63) is 29.3 Å². The number of benzene rings is 1. The number of anilines is 1. The Kier molecular flexibility index (Phi) is 8.59. The van der Waals surface area contributed by atoms with E-state index < -0.39 is 0 Å². The fourth-order valence-corrected chi connectivity index (χ4v) is 1.61. The Morgan fingerprint density at radius 2 is 1.95 bits per heavy atom. The van der Waals surface area contributed by atoms with Crippen molar-refractivity contribution >= 4 is 29.9 Å². The first-order chi connectivity index (χ1) is 9.08. The number of hydrogen-bond donors (Lipinski definition) is 3. The first-order valence-electron chi connectivity index (χ1n) is 6.41. The van der Waals surface area contributed by atoms with Crippen LogP contribution in [0.5, 0.6) is 0 Å². The fraction of sp³-hybridized carbons (Fsp3) is 0.429. The van der Waals surface area contributed by atoms with E-state index in [1.165, 1.54) is 0 Å². The molecule has 0 spiro atoms. The Morgan fingerprint density at radius 3 is 2.55 bits per heavy atom. The summed E-state index contributed by atoms with van der Waals surface area (Å²) >= 11 is 0. The van der Waals surface area contributed by atoms with Gasteiger partial charge in [0.05, 0.1) is 0 Å². The van der Waals surface area contributed by atoms with E-state index >= 15 is 0 Å². The lowest BCUT2D eigenvalue weighted by molar-refractivity contribution is -0.116. The molecule has 3 N–H and O–H groups in total. The molecule has 2 amide bonds. The van der Waals surface area contributed by atoms with E-state index in [-0.39, 0.29) is 24.2 Å². The molecule has 0 aliphatic heterocycles. The SMILES string of the molecule is CCNC(=O)c1ccc(C)c(NC(=O)CCNC)c1.Cl. The largest absolute Gasteiger partial charge is 0.352 e. The average molecular weight is 300 g/mol. The Labute approximate surface area is 125 Å². The van der Waals surface area contributed by atoms with Gasteiger partial charge in [-0.3, -0.25) is 9.59 Å². The lowest BCUT2D eigenvalue weighted by Gasteiger charge is -2.10. The lowest BCUT2D eigenvalue weighted by Crippen LogP contribution is -2.23. The Hall–Kier alpha value is -1.59. The summed E-state index contributed by atoms with van der Waals surface area (Å²) in [6.07, 6.45) is 0.404. The predicted octanol–water partition coefficient (Wildman–Crippen LogP) is 1.71. The van der Waals surface area contributed by atoms with Gasteiger partial charge >= 0.3 is 0 Å². The number of rotatable bonds is 6. The van der Waals surface area contributed by atoms with Crippen molar-refractivity contribution in [1.82, 2.24) is 10.6 Å². The van der Waals surface area contributed by atoms with E-state index in [0.29, 0.717) is 30.8 Å². The Bertz CT molecular complexity index is 464. The van der Waals surface area contributed by atoms with Crippen molar-refractivity contribution in [3.8, 4) is 0 Å². The summed E-state index contributed by atoms with van der Waals surface area (Å²) < 4.78 is 0. The Morgan fingerprint density at radius 1 is 1.25 bits per heavy atom. The van der Waals surface area contributed by atoms with Crippen LogP contribution in [0.25, 0.3) is 0 Å². The van der Waals surface area contributed by atoms with Gasteiger partial charge < -0.3 is 16.0 Å². The minimum absolute atomic E-state index is 0. The first kappa shape index (κ1) is 18.4. The zero-order valence-corrected chi connectivity index (χ0v) is 12.9. The van der Waals surface area contributed by atoms with E-state index in [9.17, 15) is 9.59 Å². The Balaban J connectivity index is 0.00000361. The predicted molar refractivity (Wildman–Crippen MR) is 83.6 cm³/mol. The molecule has 112 valence electrons. The van der Waals surface area contributed by atoms with Crippen molar-refractivity contribution in [2.24, 2.45) is 0 Å². The van der Waals surface area contributed by atoms with Crippen LogP contribution >= 0.6 is 12.4 Å². The summed E-state index contributed by atoms with van der Waals surface area (Å²) in [5, 5.41) is 8.48. The third-order valence-corrected chi connectivity index (χ3v) is 2.71. The van der Waals surface area contributed by atoms with Gasteiger partial charge in [-0.25, -0.2) is 0 Å². The smallest absolute Gasteiger partial charge is 0.251 e. The second-order valence-electron chi connectivity index (χ2n) is 4.29. The van der Waals surface area contributed by atoms with Crippen molar-refractivity contribution in [3.63, 3.8) is 0 Å². The second kappa shape index (κ2) is 9.34. The van der Waals surface area contributed by atoms with Crippen molar-refractivity contribution in [2.45, 2.75) is 20.3 Å². The molecule has 0 saturated heterocycles. The minimum atomic E-state index is -0.131. The maximum atomic E-state index is 11.7. The average Bonchev–Trinajstić information content (AvgIpc) is 2.39. The fourth-order valence-electron chi connectivity index (χ4n) is 1.61. The molecule has 0 fully saturated rings. The van der Waals surface area contributed by atoms with Crippen LogP contribution in [0.4, 0.5) is 5.69 Å². The number of amides is 2. The quantitative estimate of drug-likeness (QED) is 0.749. The highest BCUT2D eigenvalue weighted by atomic mass is 35.5. The topological polar surface area (TPSA) is 70.2 Å². The van der Waals surface area contributed by atoms with Crippen molar-refractivity contribution < 1.29 is 9.59 Å². The van der Waals surface area contributed by atoms with Gasteiger partial charge in [0.25, 0.3) is 5.91 Å². The molecular formula is C14H22ClN3O2. The van der Waals surface area contributed by atoms with Crippen LogP contribution in [-0.4, -0.2) is 32.0 Å². The highest BCUT2D eigenvalue weighted by Crippen LogP contribution is 2.17. The summed E-state index contributed by atoms with van der Waals surface area (Å²) in [7, 11) is 1.80. The molecule has 1 aromatic rings. The van der Waals surface area contributed by atoms with Crippen molar-refractivity contribution in [1.29, 1.82) is 0 Å². The van der Waals surface area contributed by atoms with Gasteiger partial charge in [-0.2, -0.15) is 0 Å². The number of hydrogen-bond acceptors (Lipinski definition) is 3. The summed E-state index contributed by atoms with van der Waals surface area (Å²) in [5.74, 6) is -0.196. The molecule has 0 heterocycles. The van der Waals surface area contributed by atoms with Crippen LogP contribution in [0.15, 0.2) is 18.2 Å². The monoisotopic (exact) mass is 299 g/mol. The van der Waals surface area contributed by atoms with Crippen LogP contribution in [0.2, 0.25) is 0 Å². The molecule has 6 heteroatoms. The molecule has 0 aromatic heterocycles. The molecule has 0 atom stereocenters. The van der Waals surface area contributed by atoms with E-state index in [4.69, 9.17) is 0 Å². The molecule has 0 saturated carbocycles. The third kappa shape index (κ3) is 5.59. The van der Waals surface area contributed by atoms with Gasteiger partial charge in [-0.15, -0.1) is 12.4 Å². The van der Waals surface area contributed by atoms with E-state index in [0.717, 1.165) is 5.56 Å². The number of nitrogens with one attached hydrogen (secondary N) is 3. The summed E-state index contributed by atoms with van der Waals surface area (Å²) in [5.41, 5.74) is 2.17. The molecule has 20 heavy (non-hydrogen) atoms. The standard InChI is InChI=1S/C14H21N3O2.ClH/c1-4-16-14(19)11-6-5-10(2)12(9-11)17-13(18)7-8-15-3;/h5-6,9,15H,4,7-8H2,1-3H3,(H,16,19)(H,17,18);1H. The van der Waals surface area contributed by atoms with Crippen LogP contribution in [-0.2, 0) is 4.79 Å². The third-order valence-electron chi connectivity index (χ3n) is 2.71. The zero-order chi connectivity index (χ0) is 14.3. The maximum absolute atomic E-state index is 11.7. The van der Waals surface area contributed by atoms with E-state index in [1.807, 2.05) is 19.9 Å². The van der Waals surface area contributed by atoms with Crippen LogP contribution < -0.4 is 16.0 Å². The normalized spacial score (nSPS) is 9.55. The summed E-state index contributed by atoms with van der Waals surface area (Å²) in [6, 6.07) is 5.29. The summed E-state index contributed by atoms with van der Waals surface area (Å²) in [4.78, 5) is 23.4. The van der Waals surface area contributed by atoms with Crippen molar-refractivity contribution in [2.75, 3.05) is 25.5 Å². The number of aryl methyl sites for hydroxylation is 1. The van der Waals surface area contributed by atoms with E-state index in [1.54, 1.807) is 19.2 Å². The van der Waals surface area contributed by atoms with Gasteiger partial charge in [0.15, 0.2) is 0 Å². The minimum Gasteiger partial charge on any atom is -0.352 e. The molecular weight excluding hydrogens is 278 g/mol. The molecule has 0 unspecified atom stereocenters. The molecule has 5 nitrogen and oxygen atoms in total. The zero-order valence-electron chi connectivity index (χ0n) is 12.1. The number of carbonyl (C=O) groups is 2. The van der Waals surface area contributed by atoms with Crippen LogP contribution in [0.3, 0.4) is 0 Å². The molecule has 1 rings (SSSR count). The van der Waals surface area contributed by atoms with E-state index in [2.05, 4.69) is 16.0 Å².